The molecule has 146 valence electrons. The summed E-state index contributed by atoms with van der Waals surface area (Å²) >= 11 is 0. The molecule has 0 atom stereocenters. The molecule has 1 aliphatic heterocycles. The Labute approximate surface area is 168 Å². The highest BCUT2D eigenvalue weighted by atomic mass is 16.5. The number of amides is 1. The number of nitrogens with zero attached hydrogens (tertiary/aromatic N) is 4. The quantitative estimate of drug-likeness (QED) is 0.650. The van der Waals surface area contributed by atoms with Crippen LogP contribution in [0.1, 0.15) is 18.4 Å². The van der Waals surface area contributed by atoms with Crippen molar-refractivity contribution in [2.75, 3.05) is 31.6 Å². The molecule has 3 heterocycles. The van der Waals surface area contributed by atoms with E-state index in [1.807, 2.05) is 35.4 Å². The standard InChI is InChI=1S/C22H21N5O2/c1-2-15-3-6-17-13-19(15)29-12-11-26(22(28)16-4-5-16)10-8-23-20-7-9-27-21(25-20)18(17)14-24-27/h1,3,6-7,9,13-14,16H,4-5,8,10-12H2,(H,23,25). The molecule has 1 aromatic carbocycles. The first kappa shape index (κ1) is 17.6. The maximum absolute atomic E-state index is 12.6. The average Bonchev–Trinajstić information content (AvgIpc) is 3.51. The number of fused-ring (bicyclic) bond motifs is 4. The Morgan fingerprint density at radius 1 is 1.28 bits per heavy atom. The summed E-state index contributed by atoms with van der Waals surface area (Å²) in [5, 5.41) is 7.73. The summed E-state index contributed by atoms with van der Waals surface area (Å²) in [6, 6.07) is 7.64. The maximum Gasteiger partial charge on any atom is 0.225 e. The number of rotatable bonds is 1. The van der Waals surface area contributed by atoms with Crippen LogP contribution in [0.15, 0.2) is 36.7 Å². The highest BCUT2D eigenvalue weighted by Gasteiger charge is 2.33. The van der Waals surface area contributed by atoms with E-state index in [-0.39, 0.29) is 11.8 Å². The van der Waals surface area contributed by atoms with Gasteiger partial charge in [-0.1, -0.05) is 12.0 Å². The van der Waals surface area contributed by atoms with Crippen LogP contribution in [0.2, 0.25) is 0 Å². The first-order chi connectivity index (χ1) is 14.2. The molecule has 1 aliphatic carbocycles. The maximum atomic E-state index is 12.6. The fourth-order valence-corrected chi connectivity index (χ4v) is 3.60. The summed E-state index contributed by atoms with van der Waals surface area (Å²) in [6.07, 6.45) is 11.3. The number of nitrogens with one attached hydrogen (secondary N) is 1. The van der Waals surface area contributed by atoms with Crippen molar-refractivity contribution in [2.45, 2.75) is 12.8 Å². The highest BCUT2D eigenvalue weighted by Crippen LogP contribution is 2.32. The van der Waals surface area contributed by atoms with E-state index in [0.717, 1.165) is 35.4 Å². The predicted octanol–water partition coefficient (Wildman–Crippen LogP) is 2.42. The molecular formula is C22H21N5O2. The molecule has 7 heteroatoms. The molecule has 1 saturated carbocycles. The second kappa shape index (κ2) is 7.13. The first-order valence-electron chi connectivity index (χ1n) is 9.84. The van der Waals surface area contributed by atoms with Gasteiger partial charge in [-0.3, -0.25) is 4.79 Å². The lowest BCUT2D eigenvalue weighted by Crippen LogP contribution is -2.39. The molecule has 0 radical (unpaired) electrons. The van der Waals surface area contributed by atoms with Gasteiger partial charge in [0.2, 0.25) is 5.91 Å². The van der Waals surface area contributed by atoms with Crippen molar-refractivity contribution in [3.63, 3.8) is 0 Å². The van der Waals surface area contributed by atoms with Crippen LogP contribution in [0.25, 0.3) is 16.8 Å². The van der Waals surface area contributed by atoms with Crippen molar-refractivity contribution in [3.05, 3.63) is 42.2 Å². The fourth-order valence-electron chi connectivity index (χ4n) is 3.60. The zero-order valence-electron chi connectivity index (χ0n) is 16.0. The van der Waals surface area contributed by atoms with Crippen LogP contribution in [0, 0.1) is 18.3 Å². The van der Waals surface area contributed by atoms with E-state index in [1.54, 1.807) is 10.7 Å². The van der Waals surface area contributed by atoms with Crippen LogP contribution >= 0.6 is 0 Å². The van der Waals surface area contributed by atoms with Gasteiger partial charge in [-0.25, -0.2) is 9.50 Å². The van der Waals surface area contributed by atoms with Gasteiger partial charge in [0.1, 0.15) is 18.2 Å². The molecule has 0 unspecified atom stereocenters. The minimum atomic E-state index is 0.169. The summed E-state index contributed by atoms with van der Waals surface area (Å²) in [5.41, 5.74) is 3.27. The molecular weight excluding hydrogens is 366 g/mol. The number of ether oxygens (including phenoxy) is 1. The van der Waals surface area contributed by atoms with Gasteiger partial charge in [-0.15, -0.1) is 6.42 Å². The van der Waals surface area contributed by atoms with Crippen molar-refractivity contribution in [1.29, 1.82) is 0 Å². The summed E-state index contributed by atoms with van der Waals surface area (Å²) in [5.74, 6) is 4.44. The monoisotopic (exact) mass is 387 g/mol. The predicted molar refractivity (Wildman–Crippen MR) is 110 cm³/mol. The van der Waals surface area contributed by atoms with Gasteiger partial charge in [0.05, 0.1) is 18.3 Å². The van der Waals surface area contributed by atoms with Crippen LogP contribution in [-0.2, 0) is 4.79 Å². The largest absolute Gasteiger partial charge is 0.490 e. The van der Waals surface area contributed by atoms with Gasteiger partial charge in [0.25, 0.3) is 0 Å². The molecule has 0 saturated heterocycles. The number of aromatic nitrogens is 3. The molecule has 1 amide bonds. The number of terminal acetylenes is 1. The Balaban J connectivity index is 1.55. The number of hydrogen-bond acceptors (Lipinski definition) is 5. The minimum absolute atomic E-state index is 0.169. The van der Waals surface area contributed by atoms with E-state index in [2.05, 4.69) is 16.3 Å². The molecule has 7 nitrogen and oxygen atoms in total. The number of anilines is 1. The van der Waals surface area contributed by atoms with Crippen molar-refractivity contribution < 1.29 is 9.53 Å². The first-order valence-corrected chi connectivity index (χ1v) is 9.84. The molecule has 5 rings (SSSR count). The van der Waals surface area contributed by atoms with Gasteiger partial charge in [0, 0.05) is 30.8 Å². The number of benzene rings is 1. The molecule has 2 aliphatic rings. The summed E-state index contributed by atoms with van der Waals surface area (Å²) in [6.45, 7) is 2.13. The third kappa shape index (κ3) is 3.38. The smallest absolute Gasteiger partial charge is 0.225 e. The SMILES string of the molecule is C#Cc1ccc2cc1OCCN(C(=O)C1CC1)CCNc1ccn3ncc-2c3n1. The van der Waals surface area contributed by atoms with Crippen molar-refractivity contribution >= 4 is 17.4 Å². The molecule has 3 aromatic rings. The van der Waals surface area contributed by atoms with Crippen molar-refractivity contribution in [2.24, 2.45) is 5.92 Å². The van der Waals surface area contributed by atoms with Crippen LogP contribution < -0.4 is 10.1 Å². The number of carbonyl (C=O) groups excluding carboxylic acids is 1. The average molecular weight is 387 g/mol. The molecule has 1 N–H and O–H groups in total. The molecule has 4 bridgehead atoms. The third-order valence-electron chi connectivity index (χ3n) is 5.36. The summed E-state index contributed by atoms with van der Waals surface area (Å²) in [4.78, 5) is 19.2. The fraction of sp³-hybridized carbons (Fsp3) is 0.318. The summed E-state index contributed by atoms with van der Waals surface area (Å²) < 4.78 is 7.76. The van der Waals surface area contributed by atoms with Crippen molar-refractivity contribution in [1.82, 2.24) is 19.5 Å². The molecule has 2 aromatic heterocycles. The zero-order chi connectivity index (χ0) is 19.8. The van der Waals surface area contributed by atoms with Crippen LogP contribution in [0.3, 0.4) is 0 Å². The second-order valence-corrected chi connectivity index (χ2v) is 7.37. The van der Waals surface area contributed by atoms with E-state index in [4.69, 9.17) is 16.1 Å². The molecule has 0 spiro atoms. The number of carbonyl (C=O) groups is 1. The normalized spacial score (nSPS) is 16.6. The Morgan fingerprint density at radius 3 is 3.00 bits per heavy atom. The van der Waals surface area contributed by atoms with Gasteiger partial charge < -0.3 is 15.0 Å². The van der Waals surface area contributed by atoms with Gasteiger partial charge in [0.15, 0.2) is 5.65 Å². The van der Waals surface area contributed by atoms with Crippen LogP contribution in [0.5, 0.6) is 5.75 Å². The lowest BCUT2D eigenvalue weighted by Gasteiger charge is -2.23. The topological polar surface area (TPSA) is 71.8 Å². The van der Waals surface area contributed by atoms with Gasteiger partial charge >= 0.3 is 0 Å². The Morgan fingerprint density at radius 2 is 2.17 bits per heavy atom. The minimum Gasteiger partial charge on any atom is -0.490 e. The van der Waals surface area contributed by atoms with E-state index in [1.165, 1.54) is 0 Å². The Hall–Kier alpha value is -3.53. The highest BCUT2D eigenvalue weighted by molar-refractivity contribution is 5.81. The zero-order valence-corrected chi connectivity index (χ0v) is 16.0. The van der Waals surface area contributed by atoms with Gasteiger partial charge in [-0.05, 0) is 36.6 Å². The summed E-state index contributed by atoms with van der Waals surface area (Å²) in [7, 11) is 0. The van der Waals surface area contributed by atoms with E-state index in [0.29, 0.717) is 37.6 Å². The van der Waals surface area contributed by atoms with Crippen molar-refractivity contribution in [3.8, 4) is 29.2 Å². The van der Waals surface area contributed by atoms with E-state index >= 15 is 0 Å². The lowest BCUT2D eigenvalue weighted by molar-refractivity contribution is -0.132. The lowest BCUT2D eigenvalue weighted by atomic mass is 10.1. The molecule has 1 fully saturated rings. The van der Waals surface area contributed by atoms with Gasteiger partial charge in [-0.2, -0.15) is 5.10 Å². The third-order valence-corrected chi connectivity index (χ3v) is 5.36. The Kier molecular flexibility index (Phi) is 4.32. The van der Waals surface area contributed by atoms with E-state index < -0.39 is 0 Å². The van der Waals surface area contributed by atoms with E-state index in [9.17, 15) is 4.79 Å². The van der Waals surface area contributed by atoms with Crippen LogP contribution in [0.4, 0.5) is 5.82 Å². The second-order valence-electron chi connectivity index (χ2n) is 7.37. The number of hydrogen-bond donors (Lipinski definition) is 1. The Bertz CT molecular complexity index is 1130. The molecule has 29 heavy (non-hydrogen) atoms. The van der Waals surface area contributed by atoms with Crippen LogP contribution in [-0.4, -0.2) is 51.6 Å².